The summed E-state index contributed by atoms with van der Waals surface area (Å²) in [5, 5.41) is 12.7. The van der Waals surface area contributed by atoms with E-state index in [1.165, 1.54) is 28.8 Å². The first-order chi connectivity index (χ1) is 16.3. The number of fused-ring (bicyclic) bond motifs is 1. The van der Waals surface area contributed by atoms with E-state index < -0.39 is 22.0 Å². The van der Waals surface area contributed by atoms with Crippen LogP contribution >= 0.6 is 0 Å². The molecule has 1 fully saturated rings. The molecule has 1 aliphatic heterocycles. The third-order valence-electron chi connectivity index (χ3n) is 6.05. The van der Waals surface area contributed by atoms with E-state index >= 15 is 0 Å². The summed E-state index contributed by atoms with van der Waals surface area (Å²) < 4.78 is 14.7. The number of likely N-dealkylation sites (N-methyl/N-ethyl adjacent to an activating group) is 1. The molecule has 0 bridgehead atoms. The highest BCUT2D eigenvalue weighted by molar-refractivity contribution is 5.97. The Morgan fingerprint density at radius 2 is 1.71 bits per heavy atom. The number of hydrogen-bond acceptors (Lipinski definition) is 6. The number of halogens is 1. The predicted octanol–water partition coefficient (Wildman–Crippen LogP) is 2.57. The highest BCUT2D eigenvalue weighted by Crippen LogP contribution is 2.34. The number of nitro groups is 1. The zero-order valence-corrected chi connectivity index (χ0v) is 19.1. The first-order valence-electron chi connectivity index (χ1n) is 11.0. The molecular weight excluding hydrogens is 441 g/mol. The number of rotatable bonds is 6. The summed E-state index contributed by atoms with van der Waals surface area (Å²) in [7, 11) is 3.76. The number of carbonyl (C=O) groups excluding carboxylic acids is 1. The van der Waals surface area contributed by atoms with E-state index in [1.807, 2.05) is 30.0 Å². The lowest BCUT2D eigenvalue weighted by atomic mass is 10.1. The number of benzene rings is 2. The van der Waals surface area contributed by atoms with Crippen molar-refractivity contribution >= 4 is 28.2 Å². The zero-order chi connectivity index (χ0) is 24.4. The Balaban J connectivity index is 1.68. The Bertz CT molecular complexity index is 1280. The minimum atomic E-state index is -0.634. The van der Waals surface area contributed by atoms with Gasteiger partial charge < -0.3 is 19.3 Å². The van der Waals surface area contributed by atoms with Crippen molar-refractivity contribution in [2.75, 3.05) is 51.7 Å². The molecule has 2 aromatic carbocycles. The second-order valence-corrected chi connectivity index (χ2v) is 8.52. The molecule has 0 radical (unpaired) electrons. The molecular formula is C24H26FN5O4. The maximum absolute atomic E-state index is 13.3. The molecule has 0 atom stereocenters. The number of carbonyl (C=O) groups is 1. The number of amides is 1. The number of piperazine rings is 1. The molecule has 0 aliphatic carbocycles. The summed E-state index contributed by atoms with van der Waals surface area (Å²) in [4.78, 5) is 42.9. The normalized spacial score (nSPS) is 14.1. The molecule has 1 saturated heterocycles. The first-order valence-corrected chi connectivity index (χ1v) is 11.0. The standard InChI is InChI=1S/C24H26FN5O4/c1-26(2)11-16-29-20-6-4-3-5-19(20)21(22(24(29)32)30(33)34)27-12-14-28(15-13-27)23(31)17-7-9-18(25)10-8-17/h3-10H,11-16H2,1-2H3. The summed E-state index contributed by atoms with van der Waals surface area (Å²) in [5.74, 6) is -0.640. The van der Waals surface area contributed by atoms with E-state index in [0.29, 0.717) is 61.4 Å². The van der Waals surface area contributed by atoms with Gasteiger partial charge in [-0.25, -0.2) is 4.39 Å². The fourth-order valence-electron chi connectivity index (χ4n) is 4.29. The highest BCUT2D eigenvalue weighted by atomic mass is 19.1. The van der Waals surface area contributed by atoms with Crippen LogP contribution in [0.25, 0.3) is 10.9 Å². The van der Waals surface area contributed by atoms with Crippen LogP contribution in [-0.2, 0) is 6.54 Å². The molecule has 2 heterocycles. The van der Waals surface area contributed by atoms with Gasteiger partial charge in [-0.2, -0.15) is 0 Å². The Morgan fingerprint density at radius 1 is 1.06 bits per heavy atom. The SMILES string of the molecule is CN(C)CCn1c(=O)c([N+](=O)[O-])c(N2CCN(C(=O)c3ccc(F)cc3)CC2)c2ccccc21. The van der Waals surface area contributed by atoms with Crippen molar-refractivity contribution < 1.29 is 14.1 Å². The summed E-state index contributed by atoms with van der Waals surface area (Å²) in [6.07, 6.45) is 0. The lowest BCUT2D eigenvalue weighted by Gasteiger charge is -2.36. The van der Waals surface area contributed by atoms with E-state index in [-0.39, 0.29) is 5.91 Å². The Labute approximate surface area is 195 Å². The molecule has 1 aromatic heterocycles. The van der Waals surface area contributed by atoms with Crippen LogP contribution in [0.1, 0.15) is 10.4 Å². The van der Waals surface area contributed by atoms with Gasteiger partial charge in [0, 0.05) is 50.2 Å². The van der Waals surface area contributed by atoms with Crippen LogP contribution in [0.15, 0.2) is 53.3 Å². The van der Waals surface area contributed by atoms with Gasteiger partial charge in [0.2, 0.25) is 0 Å². The molecule has 4 rings (SSSR count). The van der Waals surface area contributed by atoms with E-state index in [9.17, 15) is 24.1 Å². The van der Waals surface area contributed by atoms with Gasteiger partial charge in [-0.1, -0.05) is 18.2 Å². The summed E-state index contributed by atoms with van der Waals surface area (Å²) >= 11 is 0. The maximum atomic E-state index is 13.3. The minimum absolute atomic E-state index is 0.224. The number of hydrogen-bond donors (Lipinski definition) is 0. The van der Waals surface area contributed by atoms with Crippen molar-refractivity contribution in [3.63, 3.8) is 0 Å². The quantitative estimate of drug-likeness (QED) is 0.409. The van der Waals surface area contributed by atoms with E-state index in [1.54, 1.807) is 23.1 Å². The van der Waals surface area contributed by atoms with Gasteiger partial charge in [0.15, 0.2) is 0 Å². The highest BCUT2D eigenvalue weighted by Gasteiger charge is 2.32. The predicted molar refractivity (Wildman–Crippen MR) is 128 cm³/mol. The minimum Gasteiger partial charge on any atom is -0.362 e. The van der Waals surface area contributed by atoms with E-state index in [4.69, 9.17) is 0 Å². The Kier molecular flexibility index (Phi) is 6.60. The number of pyridine rings is 1. The smallest absolute Gasteiger partial charge is 0.357 e. The van der Waals surface area contributed by atoms with Crippen molar-refractivity contribution in [1.29, 1.82) is 0 Å². The van der Waals surface area contributed by atoms with Gasteiger partial charge in [0.05, 0.1) is 10.4 Å². The zero-order valence-electron chi connectivity index (χ0n) is 19.1. The molecule has 34 heavy (non-hydrogen) atoms. The van der Waals surface area contributed by atoms with Crippen LogP contribution in [0.4, 0.5) is 15.8 Å². The Hall–Kier alpha value is -3.79. The monoisotopic (exact) mass is 467 g/mol. The molecule has 3 aromatic rings. The van der Waals surface area contributed by atoms with E-state index in [0.717, 1.165) is 0 Å². The van der Waals surface area contributed by atoms with Crippen molar-refractivity contribution in [2.45, 2.75) is 6.54 Å². The molecule has 10 heteroatoms. The fourth-order valence-corrected chi connectivity index (χ4v) is 4.29. The molecule has 0 saturated carbocycles. The van der Waals surface area contributed by atoms with Gasteiger partial charge in [0.1, 0.15) is 11.5 Å². The molecule has 0 unspecified atom stereocenters. The summed E-state index contributed by atoms with van der Waals surface area (Å²) in [6.45, 7) is 2.20. The second kappa shape index (κ2) is 9.60. The van der Waals surface area contributed by atoms with Crippen LogP contribution < -0.4 is 10.5 Å². The lowest BCUT2D eigenvalue weighted by Crippen LogP contribution is -2.49. The largest absolute Gasteiger partial charge is 0.362 e. The maximum Gasteiger partial charge on any atom is 0.357 e. The van der Waals surface area contributed by atoms with Crippen LogP contribution in [0.3, 0.4) is 0 Å². The van der Waals surface area contributed by atoms with Crippen LogP contribution in [0.5, 0.6) is 0 Å². The number of nitrogens with zero attached hydrogens (tertiary/aromatic N) is 5. The van der Waals surface area contributed by atoms with E-state index in [2.05, 4.69) is 0 Å². The third kappa shape index (κ3) is 4.49. The molecule has 1 amide bonds. The summed E-state index contributed by atoms with van der Waals surface area (Å²) in [5.41, 5.74) is 0.233. The van der Waals surface area contributed by atoms with Gasteiger partial charge in [0.25, 0.3) is 5.91 Å². The number of aromatic nitrogens is 1. The van der Waals surface area contributed by atoms with Crippen LogP contribution in [0.2, 0.25) is 0 Å². The summed E-state index contributed by atoms with van der Waals surface area (Å²) in [6, 6.07) is 12.6. The second-order valence-electron chi connectivity index (χ2n) is 8.52. The number of anilines is 1. The van der Waals surface area contributed by atoms with Crippen molar-refractivity contribution in [3.05, 3.63) is 80.4 Å². The topological polar surface area (TPSA) is 91.9 Å². The van der Waals surface area contributed by atoms with Crippen LogP contribution in [-0.4, -0.2) is 72.0 Å². The molecule has 0 spiro atoms. The van der Waals surface area contributed by atoms with Crippen molar-refractivity contribution in [2.24, 2.45) is 0 Å². The van der Waals surface area contributed by atoms with Crippen molar-refractivity contribution in [3.8, 4) is 0 Å². The molecule has 9 nitrogen and oxygen atoms in total. The Morgan fingerprint density at radius 3 is 2.32 bits per heavy atom. The van der Waals surface area contributed by atoms with Crippen molar-refractivity contribution in [1.82, 2.24) is 14.4 Å². The number of para-hydroxylation sites is 1. The molecule has 178 valence electrons. The fraction of sp³-hybridized carbons (Fsp3) is 0.333. The average molecular weight is 468 g/mol. The van der Waals surface area contributed by atoms with Gasteiger partial charge in [-0.05, 0) is 44.4 Å². The molecule has 1 aliphatic rings. The van der Waals surface area contributed by atoms with Gasteiger partial charge >= 0.3 is 11.2 Å². The van der Waals surface area contributed by atoms with Gasteiger partial charge in [-0.15, -0.1) is 0 Å². The lowest BCUT2D eigenvalue weighted by molar-refractivity contribution is -0.385. The van der Waals surface area contributed by atoms with Crippen LogP contribution in [0, 0.1) is 15.9 Å². The first kappa shape index (κ1) is 23.4. The third-order valence-corrected chi connectivity index (χ3v) is 6.05. The molecule has 0 N–H and O–H groups in total. The average Bonchev–Trinajstić information content (AvgIpc) is 2.82. The van der Waals surface area contributed by atoms with Gasteiger partial charge in [-0.3, -0.25) is 19.7 Å².